The highest BCUT2D eigenvalue weighted by Crippen LogP contribution is 2.17. The Morgan fingerprint density at radius 3 is 1.89 bits per heavy atom. The lowest BCUT2D eigenvalue weighted by Gasteiger charge is -2.05. The van der Waals surface area contributed by atoms with Crippen LogP contribution in [0.3, 0.4) is 0 Å². The van der Waals surface area contributed by atoms with Crippen LogP contribution in [0.25, 0.3) is 0 Å². The molecule has 0 fully saturated rings. The van der Waals surface area contributed by atoms with Crippen LogP contribution < -0.4 is 0 Å². The Morgan fingerprint density at radius 1 is 1.00 bits per heavy atom. The van der Waals surface area contributed by atoms with Crippen LogP contribution in [0.2, 0.25) is 0 Å². The standard InChI is InChI=1S/C12H18FIO4/c1-3-5-7-17-11(15)9(13)10(14)12(16)18-8-6-4-2/h3-8H2,1-2H3/b10-9-. The Morgan fingerprint density at radius 2 is 1.44 bits per heavy atom. The molecule has 0 amide bonds. The summed E-state index contributed by atoms with van der Waals surface area (Å²) in [4.78, 5) is 22.6. The molecule has 0 heterocycles. The number of carbonyl (C=O) groups excluding carboxylic acids is 2. The predicted molar refractivity (Wildman–Crippen MR) is 73.9 cm³/mol. The van der Waals surface area contributed by atoms with Crippen LogP contribution in [0.5, 0.6) is 0 Å². The first-order chi connectivity index (χ1) is 8.54. The fourth-order valence-electron chi connectivity index (χ4n) is 0.924. The van der Waals surface area contributed by atoms with Crippen LogP contribution in [0.15, 0.2) is 9.41 Å². The average molecular weight is 372 g/mol. The Balaban J connectivity index is 4.30. The third-order valence-corrected chi connectivity index (χ3v) is 2.93. The molecule has 0 aromatic rings. The molecule has 0 unspecified atom stereocenters. The third kappa shape index (κ3) is 6.93. The van der Waals surface area contributed by atoms with Crippen molar-refractivity contribution in [3.05, 3.63) is 9.41 Å². The van der Waals surface area contributed by atoms with Crippen LogP contribution in [0, 0.1) is 0 Å². The van der Waals surface area contributed by atoms with Gasteiger partial charge in [0, 0.05) is 0 Å². The van der Waals surface area contributed by atoms with E-state index < -0.39 is 17.8 Å². The molecule has 0 radical (unpaired) electrons. The number of hydrogen-bond acceptors (Lipinski definition) is 4. The minimum Gasteiger partial charge on any atom is -0.462 e. The zero-order valence-electron chi connectivity index (χ0n) is 10.6. The summed E-state index contributed by atoms with van der Waals surface area (Å²) in [5.74, 6) is -3.12. The molecule has 0 aliphatic rings. The SMILES string of the molecule is CCCCOC(=O)/C(F)=C(/I)C(=O)OCCCC. The van der Waals surface area contributed by atoms with Crippen molar-refractivity contribution in [3.63, 3.8) is 0 Å². The summed E-state index contributed by atoms with van der Waals surface area (Å²) in [7, 11) is 0. The minimum absolute atomic E-state index is 0.150. The van der Waals surface area contributed by atoms with Gasteiger partial charge in [-0.05, 0) is 35.4 Å². The van der Waals surface area contributed by atoms with Gasteiger partial charge in [-0.2, -0.15) is 4.39 Å². The molecule has 0 atom stereocenters. The summed E-state index contributed by atoms with van der Waals surface area (Å²) < 4.78 is 22.5. The molecule has 0 aliphatic heterocycles. The van der Waals surface area contributed by atoms with Gasteiger partial charge in [0.1, 0.15) is 3.58 Å². The average Bonchev–Trinajstić information content (AvgIpc) is 2.37. The van der Waals surface area contributed by atoms with Crippen molar-refractivity contribution in [2.45, 2.75) is 39.5 Å². The second kappa shape index (κ2) is 10.3. The Kier molecular flexibility index (Phi) is 9.90. The molecule has 0 aliphatic carbocycles. The van der Waals surface area contributed by atoms with E-state index in [9.17, 15) is 14.0 Å². The lowest BCUT2D eigenvalue weighted by Crippen LogP contribution is -2.12. The van der Waals surface area contributed by atoms with E-state index in [4.69, 9.17) is 4.74 Å². The van der Waals surface area contributed by atoms with Gasteiger partial charge in [-0.15, -0.1) is 0 Å². The number of hydrogen-bond donors (Lipinski definition) is 0. The van der Waals surface area contributed by atoms with Crippen molar-refractivity contribution in [1.82, 2.24) is 0 Å². The second-order valence-corrected chi connectivity index (χ2v) is 4.69. The first kappa shape index (κ1) is 17.3. The monoisotopic (exact) mass is 372 g/mol. The van der Waals surface area contributed by atoms with E-state index in [0.717, 1.165) is 12.8 Å². The first-order valence-corrected chi connectivity index (χ1v) is 7.01. The summed E-state index contributed by atoms with van der Waals surface area (Å²) in [6.45, 7) is 4.24. The first-order valence-electron chi connectivity index (χ1n) is 5.94. The van der Waals surface area contributed by atoms with Crippen LogP contribution in [-0.4, -0.2) is 25.2 Å². The topological polar surface area (TPSA) is 52.6 Å². The van der Waals surface area contributed by atoms with Gasteiger partial charge in [0.05, 0.1) is 13.2 Å². The lowest BCUT2D eigenvalue weighted by molar-refractivity contribution is -0.143. The van der Waals surface area contributed by atoms with E-state index in [1.54, 1.807) is 0 Å². The van der Waals surface area contributed by atoms with Crippen molar-refractivity contribution in [2.75, 3.05) is 13.2 Å². The number of unbranched alkanes of at least 4 members (excludes halogenated alkanes) is 2. The van der Waals surface area contributed by atoms with Crippen molar-refractivity contribution >= 4 is 34.5 Å². The minimum atomic E-state index is -1.19. The second-order valence-electron chi connectivity index (χ2n) is 3.61. The van der Waals surface area contributed by atoms with Gasteiger partial charge in [0.15, 0.2) is 0 Å². The zero-order valence-corrected chi connectivity index (χ0v) is 12.8. The third-order valence-electron chi connectivity index (χ3n) is 2.01. The predicted octanol–water partition coefficient (Wildman–Crippen LogP) is 3.29. The highest BCUT2D eigenvalue weighted by molar-refractivity contribution is 14.1. The van der Waals surface area contributed by atoms with Gasteiger partial charge in [-0.25, -0.2) is 9.59 Å². The molecule has 18 heavy (non-hydrogen) atoms. The molecule has 0 N–H and O–H groups in total. The van der Waals surface area contributed by atoms with Gasteiger partial charge >= 0.3 is 11.9 Å². The van der Waals surface area contributed by atoms with Crippen molar-refractivity contribution in [2.24, 2.45) is 0 Å². The smallest absolute Gasteiger partial charge is 0.368 e. The Labute approximate surface area is 120 Å². The van der Waals surface area contributed by atoms with Crippen LogP contribution in [-0.2, 0) is 19.1 Å². The maximum atomic E-state index is 13.5. The summed E-state index contributed by atoms with van der Waals surface area (Å²) >= 11 is 1.45. The number of halogens is 2. The number of carbonyl (C=O) groups is 2. The molecule has 0 saturated carbocycles. The van der Waals surface area contributed by atoms with E-state index >= 15 is 0 Å². The summed E-state index contributed by atoms with van der Waals surface area (Å²) in [6, 6.07) is 0. The van der Waals surface area contributed by atoms with Gasteiger partial charge in [0.25, 0.3) is 0 Å². The fourth-order valence-corrected chi connectivity index (χ4v) is 1.30. The van der Waals surface area contributed by atoms with Crippen molar-refractivity contribution in [3.8, 4) is 0 Å². The summed E-state index contributed by atoms with van der Waals surface area (Å²) in [6.07, 6.45) is 3.08. The molecule has 4 nitrogen and oxygen atoms in total. The fraction of sp³-hybridized carbons (Fsp3) is 0.667. The number of esters is 2. The zero-order chi connectivity index (χ0) is 14.0. The highest BCUT2D eigenvalue weighted by atomic mass is 127. The van der Waals surface area contributed by atoms with E-state index in [-0.39, 0.29) is 16.8 Å². The summed E-state index contributed by atoms with van der Waals surface area (Å²) in [5.41, 5.74) is 0. The Bertz CT molecular complexity index is 285. The molecular formula is C12H18FIO4. The maximum Gasteiger partial charge on any atom is 0.368 e. The molecule has 0 aromatic carbocycles. The molecule has 6 heteroatoms. The van der Waals surface area contributed by atoms with Crippen molar-refractivity contribution < 1.29 is 23.5 Å². The maximum absolute atomic E-state index is 13.5. The van der Waals surface area contributed by atoms with Gasteiger partial charge in [-0.1, -0.05) is 26.7 Å². The highest BCUT2D eigenvalue weighted by Gasteiger charge is 2.21. The molecule has 0 bridgehead atoms. The number of rotatable bonds is 8. The van der Waals surface area contributed by atoms with Crippen molar-refractivity contribution in [1.29, 1.82) is 0 Å². The summed E-state index contributed by atoms with van der Waals surface area (Å²) in [5, 5.41) is 0. The van der Waals surface area contributed by atoms with Gasteiger partial charge in [-0.3, -0.25) is 0 Å². The molecule has 0 saturated heterocycles. The van der Waals surface area contributed by atoms with Gasteiger partial charge in [0.2, 0.25) is 5.83 Å². The van der Waals surface area contributed by atoms with E-state index in [1.807, 2.05) is 13.8 Å². The number of ether oxygens (including phenoxy) is 2. The van der Waals surface area contributed by atoms with Crippen LogP contribution >= 0.6 is 22.6 Å². The molecular weight excluding hydrogens is 354 g/mol. The Hall–Kier alpha value is -0.660. The van der Waals surface area contributed by atoms with Crippen LogP contribution in [0.1, 0.15) is 39.5 Å². The molecule has 0 rings (SSSR count). The van der Waals surface area contributed by atoms with Crippen LogP contribution in [0.4, 0.5) is 4.39 Å². The molecule has 0 aromatic heterocycles. The van der Waals surface area contributed by atoms with E-state index in [2.05, 4.69) is 4.74 Å². The largest absolute Gasteiger partial charge is 0.462 e. The normalized spacial score (nSPS) is 11.8. The molecule has 104 valence electrons. The quantitative estimate of drug-likeness (QED) is 0.284. The van der Waals surface area contributed by atoms with E-state index in [0.29, 0.717) is 12.8 Å². The van der Waals surface area contributed by atoms with E-state index in [1.165, 1.54) is 22.6 Å². The van der Waals surface area contributed by atoms with Gasteiger partial charge < -0.3 is 9.47 Å². The lowest BCUT2D eigenvalue weighted by atomic mass is 10.3. The molecule has 0 spiro atoms.